The van der Waals surface area contributed by atoms with E-state index in [1.807, 2.05) is 6.92 Å². The van der Waals surface area contributed by atoms with Crippen LogP contribution in [0.5, 0.6) is 0 Å². The molecule has 2 rings (SSSR count). The van der Waals surface area contributed by atoms with Crippen molar-refractivity contribution in [3.8, 4) is 0 Å². The molecule has 0 radical (unpaired) electrons. The monoisotopic (exact) mass is 359 g/mol. The minimum absolute atomic E-state index is 0.0132. The van der Waals surface area contributed by atoms with E-state index in [2.05, 4.69) is 10.6 Å². The summed E-state index contributed by atoms with van der Waals surface area (Å²) in [5.41, 5.74) is 2.06. The Morgan fingerprint density at radius 2 is 1.68 bits per heavy atom. The SMILES string of the molecule is CC(=O)Nc1cccc(NC(=O)CSc2ccc([N+](=O)[O-])cc2)c1C. The van der Waals surface area contributed by atoms with E-state index in [4.69, 9.17) is 0 Å². The summed E-state index contributed by atoms with van der Waals surface area (Å²) in [6.07, 6.45) is 0. The number of non-ortho nitro benzene ring substituents is 1. The number of anilines is 2. The molecule has 130 valence electrons. The van der Waals surface area contributed by atoms with Gasteiger partial charge in [-0.05, 0) is 36.8 Å². The van der Waals surface area contributed by atoms with Crippen molar-refractivity contribution in [3.63, 3.8) is 0 Å². The lowest BCUT2D eigenvalue weighted by atomic mass is 10.1. The van der Waals surface area contributed by atoms with Crippen LogP contribution < -0.4 is 10.6 Å². The van der Waals surface area contributed by atoms with Gasteiger partial charge >= 0.3 is 0 Å². The van der Waals surface area contributed by atoms with Gasteiger partial charge in [0.1, 0.15) is 0 Å². The number of carbonyl (C=O) groups excluding carboxylic acids is 2. The van der Waals surface area contributed by atoms with Crippen LogP contribution in [0.1, 0.15) is 12.5 Å². The summed E-state index contributed by atoms with van der Waals surface area (Å²) >= 11 is 1.28. The van der Waals surface area contributed by atoms with Gasteiger partial charge in [-0.2, -0.15) is 0 Å². The van der Waals surface area contributed by atoms with E-state index in [-0.39, 0.29) is 23.3 Å². The predicted molar refractivity (Wildman–Crippen MR) is 97.9 cm³/mol. The number of amides is 2. The van der Waals surface area contributed by atoms with Crippen molar-refractivity contribution in [2.45, 2.75) is 18.7 Å². The highest BCUT2D eigenvalue weighted by atomic mass is 32.2. The second-order valence-corrected chi connectivity index (χ2v) is 6.30. The van der Waals surface area contributed by atoms with Gasteiger partial charge < -0.3 is 10.6 Å². The Balaban J connectivity index is 1.96. The molecule has 0 aliphatic heterocycles. The van der Waals surface area contributed by atoms with Gasteiger partial charge in [-0.15, -0.1) is 11.8 Å². The van der Waals surface area contributed by atoms with Crippen molar-refractivity contribution in [1.29, 1.82) is 0 Å². The van der Waals surface area contributed by atoms with Crippen LogP contribution in [0.4, 0.5) is 17.1 Å². The maximum Gasteiger partial charge on any atom is 0.269 e. The maximum atomic E-state index is 12.1. The molecule has 2 aromatic carbocycles. The molecule has 0 aliphatic rings. The smallest absolute Gasteiger partial charge is 0.269 e. The summed E-state index contributed by atoms with van der Waals surface area (Å²) in [5.74, 6) is -0.214. The number of hydrogen-bond acceptors (Lipinski definition) is 5. The van der Waals surface area contributed by atoms with E-state index in [0.717, 1.165) is 10.5 Å². The predicted octanol–water partition coefficient (Wildman–Crippen LogP) is 3.59. The number of benzene rings is 2. The van der Waals surface area contributed by atoms with Crippen LogP contribution in [0.3, 0.4) is 0 Å². The summed E-state index contributed by atoms with van der Waals surface area (Å²) in [5, 5.41) is 16.1. The van der Waals surface area contributed by atoms with E-state index >= 15 is 0 Å². The van der Waals surface area contributed by atoms with Gasteiger partial charge in [0.2, 0.25) is 11.8 Å². The number of nitro groups is 1. The standard InChI is InChI=1S/C17H17N3O4S/c1-11-15(18-12(2)21)4-3-5-16(11)19-17(22)10-25-14-8-6-13(7-9-14)20(23)24/h3-9H,10H2,1-2H3,(H,18,21)(H,19,22). The minimum atomic E-state index is -0.466. The summed E-state index contributed by atoms with van der Waals surface area (Å²) in [6.45, 7) is 3.23. The molecule has 0 fully saturated rings. The normalized spacial score (nSPS) is 10.2. The van der Waals surface area contributed by atoms with Crippen molar-refractivity contribution in [2.24, 2.45) is 0 Å². The van der Waals surface area contributed by atoms with Gasteiger partial charge in [-0.1, -0.05) is 6.07 Å². The fraction of sp³-hybridized carbons (Fsp3) is 0.176. The molecule has 25 heavy (non-hydrogen) atoms. The highest BCUT2D eigenvalue weighted by Crippen LogP contribution is 2.25. The fourth-order valence-electron chi connectivity index (χ4n) is 2.10. The molecule has 0 heterocycles. The molecule has 0 atom stereocenters. The molecule has 0 unspecified atom stereocenters. The third-order valence-electron chi connectivity index (χ3n) is 3.34. The Labute approximate surface area is 149 Å². The van der Waals surface area contributed by atoms with Crippen LogP contribution in [-0.4, -0.2) is 22.5 Å². The van der Waals surface area contributed by atoms with Gasteiger partial charge in [0, 0.05) is 35.3 Å². The van der Waals surface area contributed by atoms with Crippen molar-refractivity contribution >= 4 is 40.6 Å². The van der Waals surface area contributed by atoms with E-state index in [1.165, 1.54) is 30.8 Å². The molecule has 0 saturated heterocycles. The first-order valence-corrected chi connectivity index (χ1v) is 8.39. The Morgan fingerprint density at radius 3 is 2.24 bits per heavy atom. The van der Waals surface area contributed by atoms with Crippen molar-refractivity contribution in [3.05, 3.63) is 58.1 Å². The van der Waals surface area contributed by atoms with E-state index in [9.17, 15) is 19.7 Å². The molecule has 0 saturated carbocycles. The minimum Gasteiger partial charge on any atom is -0.326 e. The highest BCUT2D eigenvalue weighted by molar-refractivity contribution is 8.00. The molecule has 0 aliphatic carbocycles. The number of nitrogens with zero attached hydrogens (tertiary/aromatic N) is 1. The largest absolute Gasteiger partial charge is 0.326 e. The molecule has 0 spiro atoms. The quantitative estimate of drug-likeness (QED) is 0.466. The number of rotatable bonds is 6. The Bertz CT molecular complexity index is 806. The highest BCUT2D eigenvalue weighted by Gasteiger charge is 2.10. The Kier molecular flexibility index (Phi) is 6.13. The van der Waals surface area contributed by atoms with Gasteiger partial charge in [0.15, 0.2) is 0 Å². The molecule has 0 aromatic heterocycles. The van der Waals surface area contributed by atoms with Crippen molar-refractivity contribution < 1.29 is 14.5 Å². The molecule has 2 N–H and O–H groups in total. The van der Waals surface area contributed by atoms with Crippen LogP contribution in [0.25, 0.3) is 0 Å². The first kappa shape index (κ1) is 18.5. The second-order valence-electron chi connectivity index (χ2n) is 5.25. The zero-order valence-electron chi connectivity index (χ0n) is 13.7. The van der Waals surface area contributed by atoms with Crippen molar-refractivity contribution in [1.82, 2.24) is 0 Å². The molecular formula is C17H17N3O4S. The number of hydrogen-bond donors (Lipinski definition) is 2. The van der Waals surface area contributed by atoms with Gasteiger partial charge in [0.25, 0.3) is 5.69 Å². The maximum absolute atomic E-state index is 12.1. The summed E-state index contributed by atoms with van der Waals surface area (Å²) < 4.78 is 0. The molecule has 0 bridgehead atoms. The molecule has 7 nitrogen and oxygen atoms in total. The lowest BCUT2D eigenvalue weighted by molar-refractivity contribution is -0.384. The lowest BCUT2D eigenvalue weighted by Crippen LogP contribution is -2.16. The van der Waals surface area contributed by atoms with Crippen LogP contribution in [0.15, 0.2) is 47.4 Å². The number of thioether (sulfide) groups is 1. The van der Waals surface area contributed by atoms with Gasteiger partial charge in [0.05, 0.1) is 10.7 Å². The lowest BCUT2D eigenvalue weighted by Gasteiger charge is -2.12. The van der Waals surface area contributed by atoms with E-state index < -0.39 is 4.92 Å². The number of nitro benzene ring substituents is 1. The summed E-state index contributed by atoms with van der Waals surface area (Å²) in [4.78, 5) is 34.2. The topological polar surface area (TPSA) is 101 Å². The first-order chi connectivity index (χ1) is 11.9. The Hall–Kier alpha value is -2.87. The van der Waals surface area contributed by atoms with Gasteiger partial charge in [-0.3, -0.25) is 19.7 Å². The third-order valence-corrected chi connectivity index (χ3v) is 4.35. The zero-order chi connectivity index (χ0) is 18.4. The molecule has 8 heteroatoms. The average Bonchev–Trinajstić information content (AvgIpc) is 2.56. The fourth-order valence-corrected chi connectivity index (χ4v) is 2.79. The van der Waals surface area contributed by atoms with Gasteiger partial charge in [-0.25, -0.2) is 0 Å². The zero-order valence-corrected chi connectivity index (χ0v) is 14.6. The van der Waals surface area contributed by atoms with Crippen molar-refractivity contribution in [2.75, 3.05) is 16.4 Å². The summed E-state index contributed by atoms with van der Waals surface area (Å²) in [6, 6.07) is 11.3. The molecular weight excluding hydrogens is 342 g/mol. The van der Waals surface area contributed by atoms with E-state index in [1.54, 1.807) is 30.3 Å². The van der Waals surface area contributed by atoms with Crippen LogP contribution in [0.2, 0.25) is 0 Å². The summed E-state index contributed by atoms with van der Waals surface area (Å²) in [7, 11) is 0. The molecule has 2 aromatic rings. The first-order valence-electron chi connectivity index (χ1n) is 7.41. The van der Waals surface area contributed by atoms with E-state index in [0.29, 0.717) is 11.4 Å². The third kappa shape index (κ3) is 5.32. The van der Waals surface area contributed by atoms with Crippen LogP contribution in [0, 0.1) is 17.0 Å². The van der Waals surface area contributed by atoms with Crippen LogP contribution >= 0.6 is 11.8 Å². The number of carbonyl (C=O) groups is 2. The number of nitrogens with one attached hydrogen (secondary N) is 2. The van der Waals surface area contributed by atoms with Crippen LogP contribution in [-0.2, 0) is 9.59 Å². The average molecular weight is 359 g/mol. The second kappa shape index (κ2) is 8.29. The molecule has 2 amide bonds. The Morgan fingerprint density at radius 1 is 1.08 bits per heavy atom.